The predicted molar refractivity (Wildman–Crippen MR) is 122 cm³/mol. The number of carbonyl (C=O) groups excluding carboxylic acids is 1. The van der Waals surface area contributed by atoms with Gasteiger partial charge in [0.25, 0.3) is 0 Å². The molecule has 1 fully saturated rings. The number of pyridine rings is 1. The molecular weight excluding hydrogens is 456 g/mol. The maximum absolute atomic E-state index is 12.4. The average Bonchev–Trinajstić information content (AvgIpc) is 3.33. The van der Waals surface area contributed by atoms with Crippen LogP contribution in [-0.2, 0) is 16.1 Å². The van der Waals surface area contributed by atoms with Crippen LogP contribution in [0, 0.1) is 5.92 Å². The largest absolute Gasteiger partial charge is 0.457 e. The van der Waals surface area contributed by atoms with E-state index in [1.54, 1.807) is 0 Å². The van der Waals surface area contributed by atoms with Gasteiger partial charge in [-0.3, -0.25) is 4.98 Å². The number of cyclic esters (lactones) is 1. The highest BCUT2D eigenvalue weighted by atomic mass is 79.9. The van der Waals surface area contributed by atoms with Crippen LogP contribution in [0.2, 0.25) is 0 Å². The summed E-state index contributed by atoms with van der Waals surface area (Å²) in [6.45, 7) is 1.85. The third-order valence-electron chi connectivity index (χ3n) is 6.57. The van der Waals surface area contributed by atoms with Crippen molar-refractivity contribution in [1.82, 2.24) is 9.55 Å². The molecule has 4 aromatic rings. The first-order valence-corrected chi connectivity index (χ1v) is 11.4. The van der Waals surface area contributed by atoms with Crippen molar-refractivity contribution in [2.24, 2.45) is 5.92 Å². The van der Waals surface area contributed by atoms with Crippen molar-refractivity contribution < 1.29 is 14.3 Å². The van der Waals surface area contributed by atoms with Gasteiger partial charge >= 0.3 is 5.97 Å². The standard InChI is InChI=1S/C25H21BrN2O3/c26-17-12-21-22(27-13-17)19-7-6-18-20(14-31-25(18)29)24(19)28(21)23(15-4-2-1-3-5-15)16-8-10-30-11-9-16/h1-7,12-13,16,23H,8-11,14H2. The molecule has 0 radical (unpaired) electrons. The van der Waals surface area contributed by atoms with Crippen LogP contribution in [0.3, 0.4) is 0 Å². The molecule has 5 nitrogen and oxygen atoms in total. The van der Waals surface area contributed by atoms with Gasteiger partial charge in [-0.25, -0.2) is 4.79 Å². The number of hydrogen-bond donors (Lipinski definition) is 0. The molecule has 2 aromatic carbocycles. The van der Waals surface area contributed by atoms with E-state index in [2.05, 4.69) is 56.9 Å². The third kappa shape index (κ3) is 3.00. The first kappa shape index (κ1) is 19.0. The summed E-state index contributed by atoms with van der Waals surface area (Å²) >= 11 is 3.62. The van der Waals surface area contributed by atoms with E-state index in [0.29, 0.717) is 18.1 Å². The van der Waals surface area contributed by atoms with Crippen LogP contribution in [0.25, 0.3) is 21.9 Å². The summed E-state index contributed by atoms with van der Waals surface area (Å²) in [6, 6.07) is 16.8. The molecule has 0 bridgehead atoms. The Morgan fingerprint density at radius 3 is 2.71 bits per heavy atom. The van der Waals surface area contributed by atoms with E-state index in [1.165, 1.54) is 5.56 Å². The van der Waals surface area contributed by atoms with E-state index < -0.39 is 0 Å². The topological polar surface area (TPSA) is 53.3 Å². The van der Waals surface area contributed by atoms with Gasteiger partial charge in [-0.2, -0.15) is 0 Å². The molecule has 1 atom stereocenters. The van der Waals surface area contributed by atoms with Gasteiger partial charge in [0.1, 0.15) is 6.61 Å². The summed E-state index contributed by atoms with van der Waals surface area (Å²) < 4.78 is 14.5. The fourth-order valence-corrected chi connectivity index (χ4v) is 5.52. The van der Waals surface area contributed by atoms with E-state index >= 15 is 0 Å². The molecule has 0 amide bonds. The van der Waals surface area contributed by atoms with Gasteiger partial charge in [-0.05, 0) is 58.5 Å². The highest BCUT2D eigenvalue weighted by Crippen LogP contribution is 2.43. The number of esters is 1. The van der Waals surface area contributed by atoms with E-state index in [1.807, 2.05) is 18.3 Å². The molecule has 156 valence electrons. The number of benzene rings is 2. The van der Waals surface area contributed by atoms with Crippen molar-refractivity contribution in [2.75, 3.05) is 13.2 Å². The Kier molecular flexibility index (Phi) is 4.58. The number of rotatable bonds is 3. The Morgan fingerprint density at radius 2 is 1.90 bits per heavy atom. The van der Waals surface area contributed by atoms with Crippen LogP contribution in [-0.4, -0.2) is 28.7 Å². The zero-order valence-electron chi connectivity index (χ0n) is 16.9. The quantitative estimate of drug-likeness (QED) is 0.359. The molecule has 31 heavy (non-hydrogen) atoms. The minimum absolute atomic E-state index is 0.114. The first-order valence-electron chi connectivity index (χ1n) is 10.6. The first-order chi connectivity index (χ1) is 15.2. The Bertz CT molecular complexity index is 1310. The number of fused-ring (bicyclic) bond motifs is 5. The highest BCUT2D eigenvalue weighted by Gasteiger charge is 2.33. The Morgan fingerprint density at radius 1 is 1.10 bits per heavy atom. The molecular formula is C25H21BrN2O3. The summed E-state index contributed by atoms with van der Waals surface area (Å²) in [6.07, 6.45) is 3.83. The maximum Gasteiger partial charge on any atom is 0.338 e. The predicted octanol–water partition coefficient (Wildman–Crippen LogP) is 5.64. The lowest BCUT2D eigenvalue weighted by molar-refractivity contribution is 0.0532. The fourth-order valence-electron chi connectivity index (χ4n) is 5.20. The minimum atomic E-state index is -0.245. The van der Waals surface area contributed by atoms with Crippen molar-refractivity contribution in [3.63, 3.8) is 0 Å². The molecule has 2 aliphatic rings. The van der Waals surface area contributed by atoms with Crippen LogP contribution < -0.4 is 0 Å². The third-order valence-corrected chi connectivity index (χ3v) is 7.01. The molecule has 6 heteroatoms. The molecule has 0 spiro atoms. The molecule has 0 aliphatic carbocycles. The van der Waals surface area contributed by atoms with Crippen LogP contribution in [0.4, 0.5) is 0 Å². The minimum Gasteiger partial charge on any atom is -0.457 e. The molecule has 1 unspecified atom stereocenters. The zero-order chi connectivity index (χ0) is 20.9. The monoisotopic (exact) mass is 476 g/mol. The Labute approximate surface area is 188 Å². The van der Waals surface area contributed by atoms with Crippen molar-refractivity contribution >= 4 is 43.8 Å². The van der Waals surface area contributed by atoms with Crippen molar-refractivity contribution in [1.29, 1.82) is 0 Å². The summed E-state index contributed by atoms with van der Waals surface area (Å²) in [5, 5.41) is 1.06. The smallest absolute Gasteiger partial charge is 0.338 e. The Hall–Kier alpha value is -2.70. The van der Waals surface area contributed by atoms with Crippen LogP contribution in [0.5, 0.6) is 0 Å². The number of aromatic nitrogens is 2. The lowest BCUT2D eigenvalue weighted by Gasteiger charge is -2.33. The van der Waals surface area contributed by atoms with Gasteiger partial charge in [0.15, 0.2) is 0 Å². The van der Waals surface area contributed by atoms with E-state index in [-0.39, 0.29) is 12.0 Å². The van der Waals surface area contributed by atoms with E-state index in [9.17, 15) is 4.79 Å². The number of nitrogens with zero attached hydrogens (tertiary/aromatic N) is 2. The summed E-state index contributed by atoms with van der Waals surface area (Å²) in [5.41, 5.74) is 5.96. The van der Waals surface area contributed by atoms with Crippen LogP contribution in [0.15, 0.2) is 59.2 Å². The van der Waals surface area contributed by atoms with E-state index in [0.717, 1.165) is 58.0 Å². The highest BCUT2D eigenvalue weighted by molar-refractivity contribution is 9.10. The molecule has 0 N–H and O–H groups in total. The molecule has 0 saturated carbocycles. The number of hydrogen-bond acceptors (Lipinski definition) is 4. The number of ether oxygens (including phenoxy) is 2. The van der Waals surface area contributed by atoms with Crippen LogP contribution >= 0.6 is 15.9 Å². The maximum atomic E-state index is 12.4. The lowest BCUT2D eigenvalue weighted by Crippen LogP contribution is -2.27. The second-order valence-electron chi connectivity index (χ2n) is 8.26. The lowest BCUT2D eigenvalue weighted by atomic mass is 9.86. The van der Waals surface area contributed by atoms with Gasteiger partial charge in [-0.15, -0.1) is 0 Å². The second-order valence-corrected chi connectivity index (χ2v) is 9.18. The van der Waals surface area contributed by atoms with E-state index in [4.69, 9.17) is 14.5 Å². The van der Waals surface area contributed by atoms with Crippen molar-refractivity contribution in [2.45, 2.75) is 25.5 Å². The zero-order valence-corrected chi connectivity index (χ0v) is 18.5. The number of carbonyl (C=O) groups is 1. The van der Waals surface area contributed by atoms with Gasteiger partial charge in [0.2, 0.25) is 0 Å². The molecule has 4 heterocycles. The van der Waals surface area contributed by atoms with Crippen LogP contribution in [0.1, 0.15) is 40.4 Å². The van der Waals surface area contributed by atoms with Crippen molar-refractivity contribution in [3.05, 3.63) is 75.9 Å². The van der Waals surface area contributed by atoms with Gasteiger partial charge in [0, 0.05) is 34.8 Å². The molecule has 2 aliphatic heterocycles. The molecule has 1 saturated heterocycles. The summed E-state index contributed by atoms with van der Waals surface area (Å²) in [4.78, 5) is 17.1. The van der Waals surface area contributed by atoms with Gasteiger partial charge in [-0.1, -0.05) is 30.3 Å². The van der Waals surface area contributed by atoms with Gasteiger partial charge in [0.05, 0.1) is 28.2 Å². The normalized spacial score (nSPS) is 17.8. The molecule has 6 rings (SSSR count). The molecule has 2 aromatic heterocycles. The second kappa shape index (κ2) is 7.46. The van der Waals surface area contributed by atoms with Crippen molar-refractivity contribution in [3.8, 4) is 0 Å². The Balaban J connectivity index is 1.72. The fraction of sp³-hybridized carbons (Fsp3) is 0.280. The SMILES string of the molecule is O=C1OCc2c1ccc1c3ncc(Br)cc3n(C(c3ccccc3)C3CCOCC3)c21. The summed E-state index contributed by atoms with van der Waals surface area (Å²) in [7, 11) is 0. The number of halogens is 1. The average molecular weight is 477 g/mol. The summed E-state index contributed by atoms with van der Waals surface area (Å²) in [5.74, 6) is 0.174. The van der Waals surface area contributed by atoms with Gasteiger partial charge < -0.3 is 14.0 Å².